The number of rotatable bonds is 9. The summed E-state index contributed by atoms with van der Waals surface area (Å²) in [6.45, 7) is 8.41. The van der Waals surface area contributed by atoms with Crippen molar-refractivity contribution in [3.8, 4) is 0 Å². The van der Waals surface area contributed by atoms with Crippen molar-refractivity contribution in [3.05, 3.63) is 0 Å². The SMILES string of the molecule is C[C@]12CC3CC(NCCOCCOCCO)(C1)C[C@@](C)(C3)C2. The van der Waals surface area contributed by atoms with Gasteiger partial charge in [-0.05, 0) is 55.3 Å². The van der Waals surface area contributed by atoms with E-state index >= 15 is 0 Å². The lowest BCUT2D eigenvalue weighted by Crippen LogP contribution is -2.64. The third kappa shape index (κ3) is 3.66. The van der Waals surface area contributed by atoms with E-state index in [1.54, 1.807) is 0 Å². The summed E-state index contributed by atoms with van der Waals surface area (Å²) in [5, 5.41) is 12.5. The number of ether oxygens (including phenoxy) is 2. The average Bonchev–Trinajstić information content (AvgIpc) is 2.37. The van der Waals surface area contributed by atoms with Gasteiger partial charge in [0.1, 0.15) is 0 Å². The van der Waals surface area contributed by atoms with E-state index in [1.807, 2.05) is 0 Å². The van der Waals surface area contributed by atoms with Crippen molar-refractivity contribution < 1.29 is 14.6 Å². The molecule has 0 aromatic rings. The van der Waals surface area contributed by atoms with Crippen LogP contribution in [-0.4, -0.2) is 50.2 Å². The predicted molar refractivity (Wildman–Crippen MR) is 86.9 cm³/mol. The quantitative estimate of drug-likeness (QED) is 0.642. The van der Waals surface area contributed by atoms with Crippen LogP contribution in [0.5, 0.6) is 0 Å². The van der Waals surface area contributed by atoms with Crippen LogP contribution in [0.4, 0.5) is 0 Å². The highest BCUT2D eigenvalue weighted by atomic mass is 16.5. The van der Waals surface area contributed by atoms with E-state index in [0.717, 1.165) is 19.1 Å². The largest absolute Gasteiger partial charge is 0.394 e. The van der Waals surface area contributed by atoms with Crippen LogP contribution in [0.3, 0.4) is 0 Å². The Morgan fingerprint density at radius 1 is 0.909 bits per heavy atom. The van der Waals surface area contributed by atoms with E-state index in [1.165, 1.54) is 38.5 Å². The maximum Gasteiger partial charge on any atom is 0.0701 e. The highest BCUT2D eigenvalue weighted by molar-refractivity contribution is 5.14. The highest BCUT2D eigenvalue weighted by Gasteiger charge is 2.59. The molecule has 4 atom stereocenters. The molecule has 0 radical (unpaired) electrons. The Kier molecular flexibility index (Phi) is 4.84. The minimum absolute atomic E-state index is 0.0861. The Bertz CT molecular complexity index is 369. The number of aliphatic hydroxyl groups excluding tert-OH is 1. The van der Waals surface area contributed by atoms with Crippen molar-refractivity contribution in [2.75, 3.05) is 39.6 Å². The molecule has 4 bridgehead atoms. The molecule has 0 saturated heterocycles. The minimum atomic E-state index is 0.0861. The Balaban J connectivity index is 1.41. The normalized spacial score (nSPS) is 43.0. The van der Waals surface area contributed by atoms with E-state index in [0.29, 0.717) is 36.2 Å². The summed E-state index contributed by atoms with van der Waals surface area (Å²) in [6, 6.07) is 0. The smallest absolute Gasteiger partial charge is 0.0701 e. The Hall–Kier alpha value is -0.160. The summed E-state index contributed by atoms with van der Waals surface area (Å²) >= 11 is 0. The first-order chi connectivity index (χ1) is 10.5. The summed E-state index contributed by atoms with van der Waals surface area (Å²) in [5.41, 5.74) is 1.51. The van der Waals surface area contributed by atoms with E-state index < -0.39 is 0 Å². The minimum Gasteiger partial charge on any atom is -0.394 e. The first kappa shape index (κ1) is 16.7. The molecule has 4 saturated carbocycles. The van der Waals surface area contributed by atoms with Crippen molar-refractivity contribution >= 4 is 0 Å². The van der Waals surface area contributed by atoms with Crippen molar-refractivity contribution in [2.45, 2.75) is 57.9 Å². The van der Waals surface area contributed by atoms with Gasteiger partial charge in [-0.15, -0.1) is 0 Å². The molecule has 4 aliphatic rings. The van der Waals surface area contributed by atoms with Crippen molar-refractivity contribution in [1.29, 1.82) is 0 Å². The fourth-order valence-corrected chi connectivity index (χ4v) is 6.42. The van der Waals surface area contributed by atoms with Crippen LogP contribution in [0.2, 0.25) is 0 Å². The summed E-state index contributed by atoms with van der Waals surface area (Å²) in [5.74, 6) is 0.937. The average molecular weight is 311 g/mol. The summed E-state index contributed by atoms with van der Waals surface area (Å²) in [4.78, 5) is 0. The van der Waals surface area contributed by atoms with Crippen LogP contribution in [0.25, 0.3) is 0 Å². The van der Waals surface area contributed by atoms with E-state index in [-0.39, 0.29) is 6.61 Å². The van der Waals surface area contributed by atoms with Crippen LogP contribution in [0.1, 0.15) is 52.4 Å². The van der Waals surface area contributed by atoms with Gasteiger partial charge in [-0.3, -0.25) is 0 Å². The van der Waals surface area contributed by atoms with Gasteiger partial charge in [0.2, 0.25) is 0 Å². The van der Waals surface area contributed by atoms with Crippen molar-refractivity contribution in [3.63, 3.8) is 0 Å². The van der Waals surface area contributed by atoms with Crippen LogP contribution in [0, 0.1) is 16.7 Å². The molecule has 2 N–H and O–H groups in total. The van der Waals surface area contributed by atoms with E-state index in [9.17, 15) is 0 Å². The number of hydrogen-bond acceptors (Lipinski definition) is 4. The van der Waals surface area contributed by atoms with Crippen molar-refractivity contribution in [2.24, 2.45) is 16.7 Å². The maximum atomic E-state index is 8.62. The van der Waals surface area contributed by atoms with Crippen LogP contribution < -0.4 is 5.32 Å². The molecule has 0 amide bonds. The zero-order chi connectivity index (χ0) is 15.7. The molecule has 2 unspecified atom stereocenters. The van der Waals surface area contributed by atoms with Gasteiger partial charge in [-0.1, -0.05) is 13.8 Å². The third-order valence-corrected chi connectivity index (χ3v) is 5.98. The second-order valence-corrected chi connectivity index (χ2v) is 8.79. The molecular formula is C18H33NO3. The maximum absolute atomic E-state index is 8.62. The topological polar surface area (TPSA) is 50.7 Å². The zero-order valence-electron chi connectivity index (χ0n) is 14.3. The lowest BCUT2D eigenvalue weighted by Gasteiger charge is -2.65. The molecule has 4 nitrogen and oxygen atoms in total. The molecule has 0 aromatic heterocycles. The first-order valence-corrected chi connectivity index (χ1v) is 8.98. The second kappa shape index (κ2) is 6.39. The van der Waals surface area contributed by atoms with Crippen LogP contribution in [-0.2, 0) is 9.47 Å². The summed E-state index contributed by atoms with van der Waals surface area (Å²) in [7, 11) is 0. The molecule has 0 spiro atoms. The fourth-order valence-electron chi connectivity index (χ4n) is 6.42. The Morgan fingerprint density at radius 2 is 1.55 bits per heavy atom. The van der Waals surface area contributed by atoms with Gasteiger partial charge < -0.3 is 19.9 Å². The molecule has 4 aliphatic carbocycles. The van der Waals surface area contributed by atoms with Gasteiger partial charge in [-0.25, -0.2) is 0 Å². The monoisotopic (exact) mass is 311 g/mol. The molecule has 0 aromatic carbocycles. The Labute approximate surface area is 134 Å². The molecule has 0 heterocycles. The van der Waals surface area contributed by atoms with Gasteiger partial charge >= 0.3 is 0 Å². The standard InChI is InChI=1S/C18H33NO3/c1-16-9-15-10-17(2,12-16)14-18(11-15,13-16)19-3-5-21-7-8-22-6-4-20/h15,19-20H,3-14H2,1-2H3/t15?,16-,17+,18?. The summed E-state index contributed by atoms with van der Waals surface area (Å²) < 4.78 is 10.8. The highest BCUT2D eigenvalue weighted by Crippen LogP contribution is 2.66. The van der Waals surface area contributed by atoms with Crippen LogP contribution in [0.15, 0.2) is 0 Å². The molecule has 4 fully saturated rings. The molecular weight excluding hydrogens is 278 g/mol. The predicted octanol–water partition coefficient (Wildman–Crippen LogP) is 2.35. The Morgan fingerprint density at radius 3 is 2.14 bits per heavy atom. The van der Waals surface area contributed by atoms with Gasteiger partial charge in [-0.2, -0.15) is 0 Å². The van der Waals surface area contributed by atoms with Gasteiger partial charge in [0.25, 0.3) is 0 Å². The molecule has 4 heteroatoms. The lowest BCUT2D eigenvalue weighted by atomic mass is 9.43. The van der Waals surface area contributed by atoms with Crippen LogP contribution >= 0.6 is 0 Å². The van der Waals surface area contributed by atoms with E-state index in [4.69, 9.17) is 14.6 Å². The second-order valence-electron chi connectivity index (χ2n) is 8.79. The number of nitrogens with one attached hydrogen (secondary N) is 1. The van der Waals surface area contributed by atoms with E-state index in [2.05, 4.69) is 19.2 Å². The van der Waals surface area contributed by atoms with Gasteiger partial charge in [0, 0.05) is 12.1 Å². The molecule has 128 valence electrons. The summed E-state index contributed by atoms with van der Waals surface area (Å²) in [6.07, 6.45) is 8.41. The molecule has 4 rings (SSSR count). The fraction of sp³-hybridized carbons (Fsp3) is 1.00. The lowest BCUT2D eigenvalue weighted by molar-refractivity contribution is -0.118. The van der Waals surface area contributed by atoms with Crippen molar-refractivity contribution in [1.82, 2.24) is 5.32 Å². The number of aliphatic hydroxyl groups is 1. The molecule has 0 aliphatic heterocycles. The van der Waals surface area contributed by atoms with Gasteiger partial charge in [0.05, 0.1) is 33.0 Å². The molecule has 22 heavy (non-hydrogen) atoms. The van der Waals surface area contributed by atoms with Gasteiger partial charge in [0.15, 0.2) is 0 Å². The number of hydrogen-bond donors (Lipinski definition) is 2. The zero-order valence-corrected chi connectivity index (χ0v) is 14.3. The third-order valence-electron chi connectivity index (χ3n) is 5.98. The first-order valence-electron chi connectivity index (χ1n) is 8.98.